The van der Waals surface area contributed by atoms with Crippen molar-refractivity contribution in [1.29, 1.82) is 5.26 Å². The van der Waals surface area contributed by atoms with Crippen LogP contribution in [0.3, 0.4) is 0 Å². The number of nitriles is 1. The number of aromatic hydroxyl groups is 1. The smallest absolute Gasteiger partial charge is 0.188 e. The molecule has 0 aliphatic carbocycles. The van der Waals surface area contributed by atoms with Crippen molar-refractivity contribution in [3.63, 3.8) is 0 Å². The monoisotopic (exact) mass is 379 g/mol. The highest BCUT2D eigenvalue weighted by Gasteiger charge is 2.17. The van der Waals surface area contributed by atoms with Gasteiger partial charge in [-0.1, -0.05) is 49.2 Å². The maximum Gasteiger partial charge on any atom is 0.188 e. The Morgan fingerprint density at radius 1 is 1.24 bits per heavy atom. The van der Waals surface area contributed by atoms with E-state index < -0.39 is 0 Å². The highest BCUT2D eigenvalue weighted by atomic mass is 35.5. The second kappa shape index (κ2) is 8.44. The Bertz CT molecular complexity index is 813. The maximum atomic E-state index is 9.78. The molecule has 2 aromatic rings. The molecule has 0 saturated heterocycles. The molecular formula is C19H19Cl2NO3. The van der Waals surface area contributed by atoms with Crippen LogP contribution in [0.5, 0.6) is 11.5 Å². The Labute approximate surface area is 157 Å². The van der Waals surface area contributed by atoms with Crippen molar-refractivity contribution in [2.45, 2.75) is 26.2 Å². The summed E-state index contributed by atoms with van der Waals surface area (Å²) >= 11 is 12.5. The third kappa shape index (κ3) is 4.38. The van der Waals surface area contributed by atoms with Gasteiger partial charge in [-0.3, -0.25) is 0 Å². The molecular weight excluding hydrogens is 361 g/mol. The molecule has 0 spiro atoms. The van der Waals surface area contributed by atoms with Crippen molar-refractivity contribution in [1.82, 2.24) is 0 Å². The third-order valence-corrected chi connectivity index (χ3v) is 4.57. The molecule has 0 aliphatic rings. The van der Waals surface area contributed by atoms with Gasteiger partial charge in [0.05, 0.1) is 5.02 Å². The molecule has 6 heteroatoms. The Kier molecular flexibility index (Phi) is 6.55. The van der Waals surface area contributed by atoms with E-state index in [4.69, 9.17) is 37.9 Å². The van der Waals surface area contributed by atoms with Gasteiger partial charge in [0.15, 0.2) is 6.79 Å². The topological polar surface area (TPSA) is 62.5 Å². The van der Waals surface area contributed by atoms with E-state index in [-0.39, 0.29) is 29.0 Å². The van der Waals surface area contributed by atoms with Crippen molar-refractivity contribution in [3.8, 4) is 17.6 Å². The Morgan fingerprint density at radius 3 is 2.56 bits per heavy atom. The number of benzene rings is 2. The van der Waals surface area contributed by atoms with Gasteiger partial charge in [-0.15, -0.1) is 0 Å². The van der Waals surface area contributed by atoms with Crippen LogP contribution in [0, 0.1) is 11.3 Å². The molecule has 0 aromatic heterocycles. The first-order valence-electron chi connectivity index (χ1n) is 7.73. The fraction of sp³-hybridized carbons (Fsp3) is 0.316. The fourth-order valence-electron chi connectivity index (χ4n) is 2.53. The summed E-state index contributed by atoms with van der Waals surface area (Å²) in [5.74, 6) is 0.806. The molecule has 1 N–H and O–H groups in total. The number of ether oxygens (including phenoxy) is 2. The summed E-state index contributed by atoms with van der Waals surface area (Å²) in [6, 6.07) is 9.09. The third-order valence-electron chi connectivity index (χ3n) is 3.81. The maximum absolute atomic E-state index is 9.78. The summed E-state index contributed by atoms with van der Waals surface area (Å²) in [5, 5.41) is 19.4. The van der Waals surface area contributed by atoms with Crippen molar-refractivity contribution < 1.29 is 14.6 Å². The zero-order valence-corrected chi connectivity index (χ0v) is 15.8. The molecule has 0 aliphatic heterocycles. The van der Waals surface area contributed by atoms with E-state index >= 15 is 0 Å². The van der Waals surface area contributed by atoms with Gasteiger partial charge in [0.1, 0.15) is 23.1 Å². The molecule has 132 valence electrons. The number of rotatable bonds is 6. The van der Waals surface area contributed by atoms with E-state index in [9.17, 15) is 5.11 Å². The van der Waals surface area contributed by atoms with Crippen LogP contribution in [0.1, 0.15) is 42.0 Å². The van der Waals surface area contributed by atoms with Gasteiger partial charge in [-0.05, 0) is 28.7 Å². The minimum absolute atomic E-state index is 0.0326. The number of phenols is 1. The highest BCUT2D eigenvalue weighted by Crippen LogP contribution is 2.36. The summed E-state index contributed by atoms with van der Waals surface area (Å²) in [5.41, 5.74) is 2.66. The lowest BCUT2D eigenvalue weighted by Gasteiger charge is -2.16. The van der Waals surface area contributed by atoms with E-state index in [1.807, 2.05) is 24.3 Å². The van der Waals surface area contributed by atoms with E-state index in [0.29, 0.717) is 17.0 Å². The van der Waals surface area contributed by atoms with Crippen LogP contribution in [-0.2, 0) is 11.2 Å². The molecule has 0 heterocycles. The van der Waals surface area contributed by atoms with Gasteiger partial charge < -0.3 is 14.6 Å². The molecule has 0 unspecified atom stereocenters. The largest absolute Gasteiger partial charge is 0.506 e. The van der Waals surface area contributed by atoms with Gasteiger partial charge in [-0.25, -0.2) is 0 Å². The van der Waals surface area contributed by atoms with Gasteiger partial charge in [0, 0.05) is 24.6 Å². The first-order chi connectivity index (χ1) is 11.9. The van der Waals surface area contributed by atoms with Crippen LogP contribution >= 0.6 is 23.2 Å². The zero-order chi connectivity index (χ0) is 18.6. The quantitative estimate of drug-likeness (QED) is 0.694. The molecule has 2 rings (SSSR count). The van der Waals surface area contributed by atoms with E-state index in [0.717, 1.165) is 16.9 Å². The SMILES string of the molecule is COCOc1ccc(Cc2c(Cl)cc(O)c(C#N)c2Cl)cc1C(C)C. The van der Waals surface area contributed by atoms with Gasteiger partial charge in [0.2, 0.25) is 0 Å². The van der Waals surface area contributed by atoms with Crippen molar-refractivity contribution in [2.75, 3.05) is 13.9 Å². The lowest BCUT2D eigenvalue weighted by molar-refractivity contribution is 0.0502. The van der Waals surface area contributed by atoms with E-state index in [1.54, 1.807) is 7.11 Å². The average Bonchev–Trinajstić information content (AvgIpc) is 2.57. The van der Waals surface area contributed by atoms with Crippen LogP contribution in [0.15, 0.2) is 24.3 Å². The van der Waals surface area contributed by atoms with Gasteiger partial charge in [0.25, 0.3) is 0 Å². The number of phenolic OH excluding ortho intramolecular Hbond substituents is 1. The number of hydrogen-bond donors (Lipinski definition) is 1. The Hall–Kier alpha value is -1.93. The predicted molar refractivity (Wildman–Crippen MR) is 98.7 cm³/mol. The molecule has 25 heavy (non-hydrogen) atoms. The minimum atomic E-state index is -0.215. The standard InChI is InChI=1S/C19H19Cl2NO3/c1-11(2)13-6-12(4-5-18(13)25-10-24-3)7-14-16(20)8-17(23)15(9-22)19(14)21/h4-6,8,11,23H,7,10H2,1-3H3. The summed E-state index contributed by atoms with van der Waals surface area (Å²) in [6.07, 6.45) is 0.441. The normalized spacial score (nSPS) is 10.8. The van der Waals surface area contributed by atoms with Crippen molar-refractivity contribution in [3.05, 3.63) is 56.6 Å². The average molecular weight is 380 g/mol. The number of hydrogen-bond acceptors (Lipinski definition) is 4. The van der Waals surface area contributed by atoms with Crippen LogP contribution in [-0.4, -0.2) is 19.0 Å². The van der Waals surface area contributed by atoms with Crippen LogP contribution in [0.4, 0.5) is 0 Å². The zero-order valence-electron chi connectivity index (χ0n) is 14.3. The molecule has 0 atom stereocenters. The van der Waals surface area contributed by atoms with Crippen LogP contribution < -0.4 is 4.74 Å². The van der Waals surface area contributed by atoms with E-state index in [1.165, 1.54) is 6.07 Å². The first-order valence-corrected chi connectivity index (χ1v) is 8.49. The molecule has 2 aromatic carbocycles. The molecule has 0 fully saturated rings. The van der Waals surface area contributed by atoms with Crippen molar-refractivity contribution in [2.24, 2.45) is 0 Å². The second-order valence-electron chi connectivity index (χ2n) is 5.91. The van der Waals surface area contributed by atoms with Gasteiger partial charge >= 0.3 is 0 Å². The molecule has 4 nitrogen and oxygen atoms in total. The minimum Gasteiger partial charge on any atom is -0.506 e. The summed E-state index contributed by atoms with van der Waals surface area (Å²) < 4.78 is 10.6. The second-order valence-corrected chi connectivity index (χ2v) is 6.70. The van der Waals surface area contributed by atoms with Gasteiger partial charge in [-0.2, -0.15) is 5.26 Å². The van der Waals surface area contributed by atoms with Crippen LogP contribution in [0.2, 0.25) is 10.0 Å². The molecule has 0 saturated carbocycles. The molecule has 0 amide bonds. The fourth-order valence-corrected chi connectivity index (χ4v) is 3.15. The molecule has 0 radical (unpaired) electrons. The Morgan fingerprint density at radius 2 is 1.96 bits per heavy atom. The number of halogens is 2. The predicted octanol–water partition coefficient (Wildman–Crippen LogP) is 5.27. The summed E-state index contributed by atoms with van der Waals surface area (Å²) in [7, 11) is 1.57. The summed E-state index contributed by atoms with van der Waals surface area (Å²) in [4.78, 5) is 0. The number of methoxy groups -OCH3 is 1. The molecule has 0 bridgehead atoms. The van der Waals surface area contributed by atoms with Crippen molar-refractivity contribution >= 4 is 23.2 Å². The van der Waals surface area contributed by atoms with E-state index in [2.05, 4.69) is 13.8 Å². The Balaban J connectivity index is 2.42. The van der Waals surface area contributed by atoms with Crippen LogP contribution in [0.25, 0.3) is 0 Å². The summed E-state index contributed by atoms with van der Waals surface area (Å²) in [6.45, 7) is 4.33. The lowest BCUT2D eigenvalue weighted by atomic mass is 9.96. The lowest BCUT2D eigenvalue weighted by Crippen LogP contribution is -2.04. The number of nitrogens with zero attached hydrogens (tertiary/aromatic N) is 1. The first kappa shape index (κ1) is 19.4. The highest BCUT2D eigenvalue weighted by molar-refractivity contribution is 6.37.